The van der Waals surface area contributed by atoms with Crippen LogP contribution in [0.1, 0.15) is 11.4 Å². The Labute approximate surface area is 190 Å². The van der Waals surface area contributed by atoms with Crippen LogP contribution in [0.5, 0.6) is 11.5 Å². The largest absolute Gasteiger partial charge is 0.486 e. The van der Waals surface area contributed by atoms with Gasteiger partial charge in [0.25, 0.3) is 0 Å². The average molecular weight is 529 g/mol. The van der Waals surface area contributed by atoms with Gasteiger partial charge >= 0.3 is 0 Å². The molecule has 1 aromatic carbocycles. The van der Waals surface area contributed by atoms with Gasteiger partial charge in [0.2, 0.25) is 0 Å². The van der Waals surface area contributed by atoms with E-state index in [1.165, 1.54) is 0 Å². The highest BCUT2D eigenvalue weighted by Crippen LogP contribution is 2.38. The van der Waals surface area contributed by atoms with Gasteiger partial charge in [0.15, 0.2) is 28.9 Å². The molecule has 4 rings (SSSR count). The van der Waals surface area contributed by atoms with Crippen molar-refractivity contribution in [2.75, 3.05) is 26.8 Å². The molecule has 154 valence electrons. The van der Waals surface area contributed by atoms with E-state index in [9.17, 15) is 0 Å². The van der Waals surface area contributed by atoms with Crippen LogP contribution in [0.4, 0.5) is 0 Å². The molecule has 0 atom stereocenters. The van der Waals surface area contributed by atoms with Crippen molar-refractivity contribution in [3.8, 4) is 11.5 Å². The van der Waals surface area contributed by atoms with Crippen LogP contribution in [0.3, 0.4) is 0 Å². The van der Waals surface area contributed by atoms with E-state index in [0.717, 1.165) is 23.5 Å². The van der Waals surface area contributed by atoms with E-state index in [1.54, 1.807) is 7.05 Å². The van der Waals surface area contributed by atoms with Gasteiger partial charge in [-0.05, 0) is 36.2 Å². The second-order valence-electron chi connectivity index (χ2n) is 6.25. The zero-order chi connectivity index (χ0) is 19.3. The summed E-state index contributed by atoms with van der Waals surface area (Å²) in [5.41, 5.74) is 1.89. The number of rotatable bonds is 5. The predicted octanol–water partition coefficient (Wildman–Crippen LogP) is 2.68. The van der Waals surface area contributed by atoms with E-state index in [-0.39, 0.29) is 24.0 Å². The topological polar surface area (TPSA) is 85.1 Å². The quantitative estimate of drug-likeness (QED) is 0.301. The number of hydrogen-bond acceptors (Lipinski definition) is 5. The predicted molar refractivity (Wildman–Crippen MR) is 123 cm³/mol. The van der Waals surface area contributed by atoms with Gasteiger partial charge in [0, 0.05) is 19.8 Å². The molecule has 8 nitrogen and oxygen atoms in total. The zero-order valence-corrected chi connectivity index (χ0v) is 19.0. The summed E-state index contributed by atoms with van der Waals surface area (Å²) in [5, 5.41) is 15.5. The first-order valence-corrected chi connectivity index (χ1v) is 9.43. The maximum Gasteiger partial charge on any atom is 0.191 e. The van der Waals surface area contributed by atoms with E-state index < -0.39 is 0 Å². The lowest BCUT2D eigenvalue weighted by Gasteiger charge is -2.20. The van der Waals surface area contributed by atoms with Gasteiger partial charge in [0.1, 0.15) is 13.2 Å². The highest BCUT2D eigenvalue weighted by atomic mass is 127. The number of fused-ring (bicyclic) bond motifs is 2. The molecule has 3 heterocycles. The molecule has 1 aliphatic heterocycles. The third-order valence-corrected chi connectivity index (χ3v) is 4.67. The summed E-state index contributed by atoms with van der Waals surface area (Å²) in [5.74, 6) is 2.84. The fourth-order valence-electron chi connectivity index (χ4n) is 3.03. The van der Waals surface area contributed by atoms with Crippen molar-refractivity contribution in [1.82, 2.24) is 25.2 Å². The number of aliphatic imine (C=N–C) groups is 1. The van der Waals surface area contributed by atoms with Crippen molar-refractivity contribution in [2.24, 2.45) is 4.99 Å². The summed E-state index contributed by atoms with van der Waals surface area (Å²) in [7, 11) is 1.73. The molecule has 2 N–H and O–H groups in total. The summed E-state index contributed by atoms with van der Waals surface area (Å²) in [4.78, 5) is 4.25. The molecule has 0 fully saturated rings. The molecule has 0 saturated carbocycles. The van der Waals surface area contributed by atoms with Gasteiger partial charge in [-0.15, -0.1) is 34.2 Å². The van der Waals surface area contributed by atoms with Gasteiger partial charge in [0.05, 0.1) is 11.6 Å². The lowest BCUT2D eigenvalue weighted by Crippen LogP contribution is -2.38. The van der Waals surface area contributed by atoms with Gasteiger partial charge in [-0.2, -0.15) is 0 Å². The van der Waals surface area contributed by atoms with Gasteiger partial charge < -0.3 is 20.1 Å². The molecule has 1 aliphatic rings. The number of nitrogens with one attached hydrogen (secondary N) is 2. The van der Waals surface area contributed by atoms with Crippen LogP contribution in [0.15, 0.2) is 41.5 Å². The second-order valence-corrected chi connectivity index (χ2v) is 6.66. The number of benzene rings is 1. The zero-order valence-electron chi connectivity index (χ0n) is 15.9. The molecule has 0 saturated heterocycles. The van der Waals surface area contributed by atoms with E-state index >= 15 is 0 Å². The van der Waals surface area contributed by atoms with Gasteiger partial charge in [-0.1, -0.05) is 17.7 Å². The van der Waals surface area contributed by atoms with E-state index in [0.29, 0.717) is 48.8 Å². The molecule has 3 aromatic rings. The van der Waals surface area contributed by atoms with Gasteiger partial charge in [-0.3, -0.25) is 9.39 Å². The molecule has 0 unspecified atom stereocenters. The van der Waals surface area contributed by atoms with Crippen molar-refractivity contribution in [3.63, 3.8) is 0 Å². The van der Waals surface area contributed by atoms with Crippen molar-refractivity contribution in [1.29, 1.82) is 0 Å². The fraction of sp³-hybridized carbons (Fsp3) is 0.316. The summed E-state index contributed by atoms with van der Waals surface area (Å²) in [6.45, 7) is 2.27. The molecular weight excluding hydrogens is 507 g/mol. The fourth-order valence-corrected chi connectivity index (χ4v) is 3.32. The number of guanidine groups is 1. The number of pyridine rings is 1. The van der Waals surface area contributed by atoms with Crippen molar-refractivity contribution >= 4 is 47.2 Å². The third-order valence-electron chi connectivity index (χ3n) is 4.38. The Morgan fingerprint density at radius 1 is 1.21 bits per heavy atom. The smallest absolute Gasteiger partial charge is 0.191 e. The molecule has 0 spiro atoms. The Morgan fingerprint density at radius 2 is 2.07 bits per heavy atom. The number of halogens is 2. The Morgan fingerprint density at radius 3 is 2.93 bits per heavy atom. The Balaban J connectivity index is 0.00000240. The molecule has 0 radical (unpaired) electrons. The van der Waals surface area contributed by atoms with Crippen LogP contribution in [-0.2, 0) is 13.0 Å². The summed E-state index contributed by atoms with van der Waals surface area (Å²) in [6, 6.07) is 9.69. The first kappa shape index (κ1) is 21.4. The van der Waals surface area contributed by atoms with Crippen molar-refractivity contribution in [2.45, 2.75) is 13.0 Å². The molecule has 0 amide bonds. The first-order chi connectivity index (χ1) is 13.7. The highest BCUT2D eigenvalue weighted by molar-refractivity contribution is 14.0. The van der Waals surface area contributed by atoms with Crippen LogP contribution in [0.2, 0.25) is 5.02 Å². The molecular formula is C19H22ClIN6O2. The van der Waals surface area contributed by atoms with E-state index in [4.69, 9.17) is 21.1 Å². The lowest BCUT2D eigenvalue weighted by atomic mass is 10.1. The van der Waals surface area contributed by atoms with Gasteiger partial charge in [-0.25, -0.2) is 0 Å². The minimum atomic E-state index is 0. The number of hydrogen-bond donors (Lipinski definition) is 2. The van der Waals surface area contributed by atoms with Crippen LogP contribution in [0, 0.1) is 0 Å². The minimum Gasteiger partial charge on any atom is -0.486 e. The monoisotopic (exact) mass is 528 g/mol. The number of aromatic nitrogens is 3. The summed E-state index contributed by atoms with van der Waals surface area (Å²) >= 11 is 6.29. The lowest BCUT2D eigenvalue weighted by molar-refractivity contribution is 0.171. The molecule has 2 aromatic heterocycles. The molecule has 29 heavy (non-hydrogen) atoms. The normalized spacial score (nSPS) is 13.1. The standard InChI is InChI=1S/C19H21ClN6O2.HI/c1-21-19(23-12-17-25-24-16-4-2-3-7-26(16)17)22-6-5-13-10-14(20)18-15(11-13)27-8-9-28-18;/h2-4,7,10-11H,5-6,8-9,12H2,1H3,(H2,21,22,23);1H. The minimum absolute atomic E-state index is 0. The second kappa shape index (κ2) is 9.97. The average Bonchev–Trinajstić information content (AvgIpc) is 3.14. The Kier molecular flexibility index (Phi) is 7.37. The third kappa shape index (κ3) is 5.02. The molecule has 10 heteroatoms. The maximum absolute atomic E-state index is 6.29. The highest BCUT2D eigenvalue weighted by Gasteiger charge is 2.16. The number of ether oxygens (including phenoxy) is 2. The first-order valence-electron chi connectivity index (χ1n) is 9.06. The Hall–Kier alpha value is -2.27. The molecule has 0 bridgehead atoms. The van der Waals surface area contributed by atoms with Crippen molar-refractivity contribution in [3.05, 3.63) is 52.9 Å². The van der Waals surface area contributed by atoms with Crippen LogP contribution < -0.4 is 20.1 Å². The van der Waals surface area contributed by atoms with E-state index in [1.807, 2.05) is 40.9 Å². The van der Waals surface area contributed by atoms with E-state index in [2.05, 4.69) is 25.8 Å². The summed E-state index contributed by atoms with van der Waals surface area (Å²) in [6.07, 6.45) is 2.71. The van der Waals surface area contributed by atoms with Crippen LogP contribution in [0.25, 0.3) is 5.65 Å². The van der Waals surface area contributed by atoms with Crippen LogP contribution >= 0.6 is 35.6 Å². The van der Waals surface area contributed by atoms with Crippen molar-refractivity contribution < 1.29 is 9.47 Å². The van der Waals surface area contributed by atoms with Crippen LogP contribution in [-0.4, -0.2) is 47.4 Å². The summed E-state index contributed by atoms with van der Waals surface area (Å²) < 4.78 is 13.1. The Bertz CT molecular complexity index is 1010. The SMILES string of the molecule is CN=C(NCCc1cc(Cl)c2c(c1)OCCO2)NCc1nnc2ccccn12.I. The molecule has 0 aliphatic carbocycles. The maximum atomic E-state index is 6.29. The number of nitrogens with zero attached hydrogens (tertiary/aromatic N) is 4.